The number of carbonyl (C=O) groups is 2. The van der Waals surface area contributed by atoms with Crippen molar-refractivity contribution in [3.63, 3.8) is 0 Å². The summed E-state index contributed by atoms with van der Waals surface area (Å²) in [6, 6.07) is 5.48. The molecule has 0 spiro atoms. The molecule has 6 heteroatoms. The van der Waals surface area contributed by atoms with Gasteiger partial charge in [0.2, 0.25) is 0 Å². The van der Waals surface area contributed by atoms with Crippen LogP contribution < -0.4 is 14.8 Å². The van der Waals surface area contributed by atoms with Gasteiger partial charge in [0.25, 0.3) is 5.91 Å². The van der Waals surface area contributed by atoms with Crippen LogP contribution >= 0.6 is 0 Å². The molecule has 152 valence electrons. The molecule has 0 atom stereocenters. The van der Waals surface area contributed by atoms with Crippen LogP contribution in [0.3, 0.4) is 0 Å². The summed E-state index contributed by atoms with van der Waals surface area (Å²) >= 11 is 0. The van der Waals surface area contributed by atoms with Gasteiger partial charge >= 0.3 is 5.97 Å². The van der Waals surface area contributed by atoms with E-state index in [0.29, 0.717) is 35.8 Å². The van der Waals surface area contributed by atoms with Crippen LogP contribution in [0.4, 0.5) is 0 Å². The highest BCUT2D eigenvalue weighted by Crippen LogP contribution is 2.60. The third-order valence-electron chi connectivity index (χ3n) is 6.74. The van der Waals surface area contributed by atoms with Gasteiger partial charge in [-0.15, -0.1) is 0 Å². The monoisotopic (exact) mass is 387 g/mol. The van der Waals surface area contributed by atoms with Crippen LogP contribution in [0.5, 0.6) is 11.5 Å². The minimum Gasteiger partial charge on any atom is -0.493 e. The van der Waals surface area contributed by atoms with Gasteiger partial charge in [-0.3, -0.25) is 9.59 Å². The van der Waals surface area contributed by atoms with Crippen molar-refractivity contribution in [1.29, 1.82) is 0 Å². The van der Waals surface area contributed by atoms with Crippen LogP contribution in [-0.2, 0) is 20.9 Å². The average molecular weight is 387 g/mol. The number of benzene rings is 1. The molecule has 0 radical (unpaired) electrons. The predicted octanol–water partition coefficient (Wildman–Crippen LogP) is 3.08. The van der Waals surface area contributed by atoms with Crippen molar-refractivity contribution in [2.75, 3.05) is 20.8 Å². The van der Waals surface area contributed by atoms with Gasteiger partial charge in [-0.25, -0.2) is 0 Å². The van der Waals surface area contributed by atoms with E-state index >= 15 is 0 Å². The van der Waals surface area contributed by atoms with Crippen molar-refractivity contribution in [3.05, 3.63) is 23.8 Å². The molecule has 4 saturated carbocycles. The van der Waals surface area contributed by atoms with Gasteiger partial charge in [-0.2, -0.15) is 0 Å². The van der Waals surface area contributed by atoms with E-state index in [0.717, 1.165) is 24.8 Å². The second-order valence-corrected chi connectivity index (χ2v) is 8.74. The molecule has 1 amide bonds. The highest BCUT2D eigenvalue weighted by molar-refractivity contribution is 5.83. The molecule has 0 aromatic heterocycles. The molecule has 5 rings (SSSR count). The highest BCUT2D eigenvalue weighted by atomic mass is 16.5. The molecule has 0 aliphatic heterocycles. The van der Waals surface area contributed by atoms with Crippen molar-refractivity contribution in [2.24, 2.45) is 23.2 Å². The number of esters is 1. The van der Waals surface area contributed by atoms with Crippen molar-refractivity contribution in [1.82, 2.24) is 5.32 Å². The first-order valence-electron chi connectivity index (χ1n) is 10.2. The Balaban J connectivity index is 1.27. The van der Waals surface area contributed by atoms with Crippen LogP contribution in [0.15, 0.2) is 18.2 Å². The maximum absolute atomic E-state index is 12.8. The molecule has 28 heavy (non-hydrogen) atoms. The largest absolute Gasteiger partial charge is 0.493 e. The van der Waals surface area contributed by atoms with Gasteiger partial charge < -0.3 is 19.5 Å². The summed E-state index contributed by atoms with van der Waals surface area (Å²) in [5.74, 6) is 2.85. The van der Waals surface area contributed by atoms with E-state index in [2.05, 4.69) is 5.32 Å². The smallest absolute Gasteiger partial charge is 0.312 e. The Kier molecular flexibility index (Phi) is 5.21. The fraction of sp³-hybridized carbons (Fsp3) is 0.636. The van der Waals surface area contributed by atoms with Crippen molar-refractivity contribution < 1.29 is 23.8 Å². The van der Waals surface area contributed by atoms with Crippen molar-refractivity contribution in [3.8, 4) is 11.5 Å². The van der Waals surface area contributed by atoms with Crippen molar-refractivity contribution >= 4 is 11.9 Å². The van der Waals surface area contributed by atoms with Crippen molar-refractivity contribution in [2.45, 2.75) is 45.1 Å². The molecule has 4 fully saturated rings. The summed E-state index contributed by atoms with van der Waals surface area (Å²) < 4.78 is 15.9. The Bertz CT molecular complexity index is 724. The topological polar surface area (TPSA) is 73.9 Å². The summed E-state index contributed by atoms with van der Waals surface area (Å²) in [5.41, 5.74) is 0.566. The molecule has 4 aliphatic carbocycles. The SMILES string of the molecule is COc1ccc(CNC(=O)COC(=O)C23CC4CC(CC(C4)C2)C3)cc1OC. The van der Waals surface area contributed by atoms with Gasteiger partial charge in [0.05, 0.1) is 19.6 Å². The summed E-state index contributed by atoms with van der Waals surface area (Å²) in [6.07, 6.45) is 6.68. The number of hydrogen-bond acceptors (Lipinski definition) is 5. The molecule has 6 nitrogen and oxygen atoms in total. The second kappa shape index (κ2) is 7.64. The lowest BCUT2D eigenvalue weighted by Crippen LogP contribution is -2.51. The quantitative estimate of drug-likeness (QED) is 0.728. The fourth-order valence-electron chi connectivity index (χ4n) is 5.89. The van der Waals surface area contributed by atoms with Gasteiger partial charge in [-0.1, -0.05) is 6.07 Å². The van der Waals surface area contributed by atoms with E-state index in [1.54, 1.807) is 20.3 Å². The fourth-order valence-corrected chi connectivity index (χ4v) is 5.89. The standard InChI is InChI=1S/C22H29NO5/c1-26-18-4-3-14(8-19(18)27-2)12-23-20(24)13-28-21(25)22-9-15-5-16(10-22)7-17(6-15)11-22/h3-4,8,15-17H,5-7,9-13H2,1-2H3,(H,23,24). The average Bonchev–Trinajstić information content (AvgIpc) is 2.69. The van der Waals surface area contributed by atoms with Crippen LogP contribution in [0.1, 0.15) is 44.1 Å². The Morgan fingerprint density at radius 2 is 1.61 bits per heavy atom. The maximum Gasteiger partial charge on any atom is 0.312 e. The molecule has 4 bridgehead atoms. The summed E-state index contributed by atoms with van der Waals surface area (Å²) in [6.45, 7) is 0.127. The first-order chi connectivity index (χ1) is 13.5. The number of ether oxygens (including phenoxy) is 3. The first kappa shape index (κ1) is 19.1. The molecule has 1 N–H and O–H groups in total. The maximum atomic E-state index is 12.8. The van der Waals surface area contributed by atoms with Gasteiger partial charge in [-0.05, 0) is 74.0 Å². The minimum absolute atomic E-state index is 0.159. The summed E-state index contributed by atoms with van der Waals surface area (Å²) in [5, 5.41) is 2.80. The van der Waals surface area contributed by atoms with E-state index < -0.39 is 0 Å². The lowest BCUT2D eigenvalue weighted by Gasteiger charge is -2.55. The Morgan fingerprint density at radius 1 is 1.00 bits per heavy atom. The number of rotatable bonds is 7. The van der Waals surface area contributed by atoms with Gasteiger partial charge in [0.15, 0.2) is 18.1 Å². The molecule has 0 saturated heterocycles. The summed E-state index contributed by atoms with van der Waals surface area (Å²) in [7, 11) is 3.15. The van der Waals surface area contributed by atoms with E-state index in [9.17, 15) is 9.59 Å². The lowest BCUT2D eigenvalue weighted by molar-refractivity contribution is -0.173. The minimum atomic E-state index is -0.321. The molecule has 4 aliphatic rings. The third kappa shape index (κ3) is 3.69. The predicted molar refractivity (Wildman–Crippen MR) is 103 cm³/mol. The Labute approximate surface area is 165 Å². The number of carbonyl (C=O) groups excluding carboxylic acids is 2. The molecular weight excluding hydrogens is 358 g/mol. The zero-order valence-electron chi connectivity index (χ0n) is 16.7. The zero-order chi connectivity index (χ0) is 19.7. The number of nitrogens with one attached hydrogen (secondary N) is 1. The third-order valence-corrected chi connectivity index (χ3v) is 6.74. The van der Waals surface area contributed by atoms with Gasteiger partial charge in [0.1, 0.15) is 0 Å². The number of methoxy groups -OCH3 is 2. The van der Waals surface area contributed by atoms with Crippen LogP contribution in [-0.4, -0.2) is 32.7 Å². The second-order valence-electron chi connectivity index (χ2n) is 8.74. The molecule has 0 heterocycles. The first-order valence-corrected chi connectivity index (χ1v) is 10.2. The van der Waals surface area contributed by atoms with Crippen LogP contribution in [0, 0.1) is 23.2 Å². The highest BCUT2D eigenvalue weighted by Gasteiger charge is 2.55. The zero-order valence-corrected chi connectivity index (χ0v) is 16.7. The number of amides is 1. The Morgan fingerprint density at radius 3 is 2.18 bits per heavy atom. The summed E-state index contributed by atoms with van der Waals surface area (Å²) in [4.78, 5) is 25.0. The van der Waals surface area contributed by atoms with Crippen LogP contribution in [0.2, 0.25) is 0 Å². The number of hydrogen-bond donors (Lipinski definition) is 1. The molecule has 0 unspecified atom stereocenters. The van der Waals surface area contributed by atoms with E-state index in [1.165, 1.54) is 19.3 Å². The molecular formula is C22H29NO5. The van der Waals surface area contributed by atoms with Gasteiger partial charge in [0, 0.05) is 6.54 Å². The Hall–Kier alpha value is -2.24. The van der Waals surface area contributed by atoms with E-state index in [1.807, 2.05) is 12.1 Å². The van der Waals surface area contributed by atoms with E-state index in [4.69, 9.17) is 14.2 Å². The normalized spacial score (nSPS) is 30.0. The molecule has 1 aromatic carbocycles. The van der Waals surface area contributed by atoms with Crippen LogP contribution in [0.25, 0.3) is 0 Å². The molecule has 1 aromatic rings. The van der Waals surface area contributed by atoms with E-state index in [-0.39, 0.29) is 23.9 Å². The lowest BCUT2D eigenvalue weighted by atomic mass is 9.49.